The Morgan fingerprint density at radius 2 is 1.95 bits per heavy atom. The summed E-state index contributed by atoms with van der Waals surface area (Å²) in [6.45, 7) is 3.45. The summed E-state index contributed by atoms with van der Waals surface area (Å²) in [6.07, 6.45) is -0.674. The fourth-order valence-electron chi connectivity index (χ4n) is 1.59. The third-order valence-electron chi connectivity index (χ3n) is 2.49. The van der Waals surface area contributed by atoms with Crippen LogP contribution in [0.25, 0.3) is 0 Å². The summed E-state index contributed by atoms with van der Waals surface area (Å²) in [7, 11) is 0. The number of carbonyl (C=O) groups is 2. The number of carbonyl (C=O) groups excluding carboxylic acids is 1. The van der Waals surface area contributed by atoms with Crippen molar-refractivity contribution >= 4 is 23.7 Å². The van der Waals surface area contributed by atoms with Crippen LogP contribution >= 0.6 is 11.6 Å². The molecule has 0 heterocycles. The van der Waals surface area contributed by atoms with Gasteiger partial charge in [0.25, 0.3) is 0 Å². The molecule has 0 bridgehead atoms. The van der Waals surface area contributed by atoms with Gasteiger partial charge in [0, 0.05) is 4.87 Å². The maximum absolute atomic E-state index is 11.6. The normalized spacial score (nSPS) is 12.6. The summed E-state index contributed by atoms with van der Waals surface area (Å²) >= 11 is 5.97. The topological polar surface area (TPSA) is 75.6 Å². The highest BCUT2D eigenvalue weighted by molar-refractivity contribution is 6.23. The average Bonchev–Trinajstić information content (AvgIpc) is 2.35. The van der Waals surface area contributed by atoms with Gasteiger partial charge in [-0.3, -0.25) is 0 Å². The predicted octanol–water partition coefficient (Wildman–Crippen LogP) is 2.77. The van der Waals surface area contributed by atoms with E-state index >= 15 is 0 Å². The minimum atomic E-state index is -1.14. The van der Waals surface area contributed by atoms with Crippen molar-refractivity contribution < 1.29 is 19.4 Å². The van der Waals surface area contributed by atoms with Gasteiger partial charge < -0.3 is 15.2 Å². The van der Waals surface area contributed by atoms with Crippen molar-refractivity contribution in [1.82, 2.24) is 5.32 Å². The lowest BCUT2D eigenvalue weighted by atomic mass is 10.0. The largest absolute Gasteiger partial charge is 0.480 e. The smallest absolute Gasteiger partial charge is 0.408 e. The van der Waals surface area contributed by atoms with Crippen LogP contribution in [0.2, 0.25) is 0 Å². The molecule has 0 aliphatic heterocycles. The molecule has 1 atom stereocenters. The molecule has 1 amide bonds. The van der Waals surface area contributed by atoms with Gasteiger partial charge >= 0.3 is 12.1 Å². The lowest BCUT2D eigenvalue weighted by molar-refractivity contribution is -0.139. The molecule has 2 N–H and O–H groups in total. The van der Waals surface area contributed by atoms with Crippen molar-refractivity contribution in [1.29, 1.82) is 0 Å². The van der Waals surface area contributed by atoms with Crippen LogP contribution in [0.15, 0.2) is 30.3 Å². The van der Waals surface area contributed by atoms with Crippen LogP contribution in [0.3, 0.4) is 0 Å². The van der Waals surface area contributed by atoms with E-state index in [0.717, 1.165) is 5.56 Å². The zero-order chi connectivity index (χ0) is 15.2. The zero-order valence-electron chi connectivity index (χ0n) is 11.4. The van der Waals surface area contributed by atoms with E-state index in [1.54, 1.807) is 13.8 Å². The Balaban J connectivity index is 2.48. The maximum atomic E-state index is 11.6. The molecule has 20 heavy (non-hydrogen) atoms. The van der Waals surface area contributed by atoms with Crippen molar-refractivity contribution in [2.75, 3.05) is 0 Å². The molecule has 0 aliphatic carbocycles. The number of alkyl carbamates (subject to hydrolysis) is 1. The molecule has 0 radical (unpaired) electrons. The van der Waals surface area contributed by atoms with Crippen molar-refractivity contribution in [3.63, 3.8) is 0 Å². The number of aliphatic carboxylic acids is 1. The molecule has 0 spiro atoms. The van der Waals surface area contributed by atoms with Gasteiger partial charge in [-0.1, -0.05) is 30.3 Å². The van der Waals surface area contributed by atoms with E-state index in [1.807, 2.05) is 30.3 Å². The van der Waals surface area contributed by atoms with E-state index in [-0.39, 0.29) is 13.0 Å². The number of ether oxygens (including phenoxy) is 1. The maximum Gasteiger partial charge on any atom is 0.408 e. The highest BCUT2D eigenvalue weighted by atomic mass is 35.5. The first-order chi connectivity index (χ1) is 9.28. The quantitative estimate of drug-likeness (QED) is 0.792. The zero-order valence-corrected chi connectivity index (χ0v) is 12.2. The van der Waals surface area contributed by atoms with Crippen LogP contribution in [-0.4, -0.2) is 28.1 Å². The molecule has 5 nitrogen and oxygen atoms in total. The number of carboxylic acids is 1. The van der Waals surface area contributed by atoms with E-state index in [0.29, 0.717) is 0 Å². The van der Waals surface area contributed by atoms with Crippen LogP contribution in [0.1, 0.15) is 25.8 Å². The summed E-state index contributed by atoms with van der Waals surface area (Å²) in [6, 6.07) is 8.05. The number of carboxylic acid groups (broad SMARTS) is 1. The Kier molecular flexibility index (Phi) is 5.82. The second-order valence-electron chi connectivity index (χ2n) is 5.02. The average molecular weight is 300 g/mol. The molecular formula is C14H18ClNO4. The van der Waals surface area contributed by atoms with Crippen LogP contribution in [0.4, 0.5) is 4.79 Å². The summed E-state index contributed by atoms with van der Waals surface area (Å²) in [5.41, 5.74) is 0.826. The van der Waals surface area contributed by atoms with Gasteiger partial charge in [0.15, 0.2) is 0 Å². The molecule has 6 heteroatoms. The third-order valence-corrected chi connectivity index (χ3v) is 2.65. The number of rotatable bonds is 6. The number of amides is 1. The van der Waals surface area contributed by atoms with Crippen LogP contribution in [0.5, 0.6) is 0 Å². The summed E-state index contributed by atoms with van der Waals surface area (Å²) in [4.78, 5) is 21.9. The number of benzene rings is 1. The van der Waals surface area contributed by atoms with Crippen LogP contribution in [-0.2, 0) is 16.1 Å². The highest BCUT2D eigenvalue weighted by Crippen LogP contribution is 2.20. The minimum absolute atomic E-state index is 0.0866. The molecule has 1 aromatic carbocycles. The van der Waals surface area contributed by atoms with Gasteiger partial charge in [-0.05, 0) is 25.8 Å². The van der Waals surface area contributed by atoms with E-state index in [1.165, 1.54) is 0 Å². The molecule has 1 aromatic rings. The second-order valence-corrected chi connectivity index (χ2v) is 6.04. The number of hydrogen-bond acceptors (Lipinski definition) is 3. The number of halogens is 1. The second kappa shape index (κ2) is 7.14. The first-order valence-corrected chi connectivity index (χ1v) is 6.54. The van der Waals surface area contributed by atoms with Crippen molar-refractivity contribution in [2.24, 2.45) is 0 Å². The van der Waals surface area contributed by atoms with Crippen LogP contribution in [0, 0.1) is 0 Å². The van der Waals surface area contributed by atoms with Crippen LogP contribution < -0.4 is 5.32 Å². The first kappa shape index (κ1) is 16.3. The number of alkyl halides is 1. The standard InChI is InChI=1S/C14H18ClNO4/c1-14(2,15)8-11(12(17)18)16-13(19)20-9-10-6-4-3-5-7-10/h3-7,11H,8-9H2,1-2H3,(H,16,19)(H,17,18). The minimum Gasteiger partial charge on any atom is -0.480 e. The predicted molar refractivity (Wildman–Crippen MR) is 75.7 cm³/mol. The molecule has 1 rings (SSSR count). The summed E-state index contributed by atoms with van der Waals surface area (Å²) < 4.78 is 4.97. The molecule has 1 unspecified atom stereocenters. The van der Waals surface area contributed by atoms with Gasteiger partial charge in [-0.25, -0.2) is 9.59 Å². The lowest BCUT2D eigenvalue weighted by Crippen LogP contribution is -2.44. The summed E-state index contributed by atoms with van der Waals surface area (Å²) in [5, 5.41) is 11.3. The van der Waals surface area contributed by atoms with Gasteiger partial charge in [0.05, 0.1) is 0 Å². The monoisotopic (exact) mass is 299 g/mol. The SMILES string of the molecule is CC(C)(Cl)CC(NC(=O)OCc1ccccc1)C(=O)O. The fourth-order valence-corrected chi connectivity index (χ4v) is 1.75. The molecule has 0 fully saturated rings. The van der Waals surface area contributed by atoms with Crippen molar-refractivity contribution in [3.8, 4) is 0 Å². The molecule has 0 saturated heterocycles. The molecule has 0 aliphatic rings. The lowest BCUT2D eigenvalue weighted by Gasteiger charge is -2.21. The van der Waals surface area contributed by atoms with E-state index in [4.69, 9.17) is 21.4 Å². The Bertz CT molecular complexity index is 456. The summed E-state index contributed by atoms with van der Waals surface area (Å²) in [5.74, 6) is -1.14. The first-order valence-electron chi connectivity index (χ1n) is 6.17. The highest BCUT2D eigenvalue weighted by Gasteiger charge is 2.27. The van der Waals surface area contributed by atoms with E-state index in [9.17, 15) is 9.59 Å². The van der Waals surface area contributed by atoms with Gasteiger partial charge in [0.2, 0.25) is 0 Å². The fraction of sp³-hybridized carbons (Fsp3) is 0.429. The molecular weight excluding hydrogens is 282 g/mol. The Morgan fingerprint density at radius 3 is 2.45 bits per heavy atom. The molecule has 0 saturated carbocycles. The Hall–Kier alpha value is -1.75. The Morgan fingerprint density at radius 1 is 1.35 bits per heavy atom. The van der Waals surface area contributed by atoms with Crippen molar-refractivity contribution in [2.45, 2.75) is 37.8 Å². The van der Waals surface area contributed by atoms with E-state index < -0.39 is 23.0 Å². The van der Waals surface area contributed by atoms with Gasteiger partial charge in [-0.15, -0.1) is 11.6 Å². The van der Waals surface area contributed by atoms with Crippen molar-refractivity contribution in [3.05, 3.63) is 35.9 Å². The Labute approximate surface area is 122 Å². The molecule has 0 aromatic heterocycles. The number of nitrogens with one attached hydrogen (secondary N) is 1. The third kappa shape index (κ3) is 6.43. The van der Waals surface area contributed by atoms with E-state index in [2.05, 4.69) is 5.32 Å². The number of hydrogen-bond donors (Lipinski definition) is 2. The van der Waals surface area contributed by atoms with Gasteiger partial charge in [-0.2, -0.15) is 0 Å². The molecule has 110 valence electrons. The van der Waals surface area contributed by atoms with Gasteiger partial charge in [0.1, 0.15) is 12.6 Å².